The lowest BCUT2D eigenvalue weighted by molar-refractivity contribution is -0.387. The topological polar surface area (TPSA) is 72.2 Å². The number of nitrogens with zero attached hydrogens (tertiary/aromatic N) is 1. The minimum Gasteiger partial charge on any atom is -0.347 e. The van der Waals surface area contributed by atoms with E-state index in [2.05, 4.69) is 5.32 Å². The van der Waals surface area contributed by atoms with Crippen LogP contribution in [0.4, 0.5) is 14.5 Å². The van der Waals surface area contributed by atoms with Gasteiger partial charge in [0.25, 0.3) is 5.91 Å². The second kappa shape index (κ2) is 6.13. The van der Waals surface area contributed by atoms with Crippen molar-refractivity contribution in [3.8, 4) is 0 Å². The Morgan fingerprint density at radius 3 is 2.55 bits per heavy atom. The summed E-state index contributed by atoms with van der Waals surface area (Å²) in [6, 6.07) is 1.05. The normalized spacial score (nSPS) is 11.2. The van der Waals surface area contributed by atoms with E-state index in [9.17, 15) is 23.7 Å². The highest BCUT2D eigenvalue weighted by Gasteiger charge is 2.27. The maximum absolute atomic E-state index is 13.8. The Labute approximate surface area is 119 Å². The van der Waals surface area contributed by atoms with Crippen LogP contribution in [0, 0.1) is 21.7 Å². The molecule has 0 atom stereocenters. The molecule has 1 N–H and O–H groups in total. The predicted molar refractivity (Wildman–Crippen MR) is 69.9 cm³/mol. The highest BCUT2D eigenvalue weighted by Crippen LogP contribution is 2.23. The fraction of sp³-hybridized carbons (Fsp3) is 0.417. The summed E-state index contributed by atoms with van der Waals surface area (Å²) in [5, 5.41) is 13.0. The third kappa shape index (κ3) is 3.86. The number of hydrogen-bond donors (Lipinski definition) is 1. The molecule has 110 valence electrons. The molecule has 8 heteroatoms. The van der Waals surface area contributed by atoms with Gasteiger partial charge in [0.05, 0.1) is 16.6 Å². The fourth-order valence-corrected chi connectivity index (χ4v) is 2.02. The van der Waals surface area contributed by atoms with Gasteiger partial charge in [-0.3, -0.25) is 14.9 Å². The number of carbonyl (C=O) groups is 1. The van der Waals surface area contributed by atoms with E-state index in [-0.39, 0.29) is 5.88 Å². The predicted octanol–water partition coefficient (Wildman–Crippen LogP) is 3.01. The van der Waals surface area contributed by atoms with Gasteiger partial charge in [-0.05, 0) is 26.3 Å². The van der Waals surface area contributed by atoms with Crippen molar-refractivity contribution in [1.82, 2.24) is 5.32 Å². The van der Waals surface area contributed by atoms with E-state index >= 15 is 0 Å². The van der Waals surface area contributed by atoms with E-state index in [0.29, 0.717) is 18.6 Å². The first-order chi connectivity index (χ1) is 9.18. The zero-order valence-corrected chi connectivity index (χ0v) is 11.6. The molecule has 0 aliphatic carbocycles. The average molecular weight is 307 g/mol. The fourth-order valence-electron chi connectivity index (χ4n) is 1.55. The SMILES string of the molecule is CC(C)(CCCl)NC(=O)c1cc(F)cc([N+](=O)[O-])c1F. The van der Waals surface area contributed by atoms with Crippen LogP contribution < -0.4 is 5.32 Å². The standard InChI is InChI=1S/C12H13ClF2N2O3/c1-12(2,3-4-13)16-11(18)8-5-7(14)6-9(10(8)15)17(19)20/h5-6H,3-4H2,1-2H3,(H,16,18). The number of hydrogen-bond acceptors (Lipinski definition) is 3. The number of halogens is 3. The molecule has 20 heavy (non-hydrogen) atoms. The van der Waals surface area contributed by atoms with E-state index < -0.39 is 39.3 Å². The molecule has 0 unspecified atom stereocenters. The number of nitro groups is 1. The number of nitrogens with one attached hydrogen (secondary N) is 1. The van der Waals surface area contributed by atoms with Crippen LogP contribution in [0.5, 0.6) is 0 Å². The van der Waals surface area contributed by atoms with Crippen molar-refractivity contribution < 1.29 is 18.5 Å². The van der Waals surface area contributed by atoms with Crippen LogP contribution >= 0.6 is 11.6 Å². The first-order valence-corrected chi connectivity index (χ1v) is 6.23. The third-order valence-corrected chi connectivity index (χ3v) is 2.82. The molecule has 0 aromatic heterocycles. The van der Waals surface area contributed by atoms with Gasteiger partial charge in [-0.15, -0.1) is 11.6 Å². The highest BCUT2D eigenvalue weighted by molar-refractivity contribution is 6.17. The van der Waals surface area contributed by atoms with Crippen molar-refractivity contribution >= 4 is 23.2 Å². The van der Waals surface area contributed by atoms with Crippen LogP contribution in [0.25, 0.3) is 0 Å². The summed E-state index contributed by atoms with van der Waals surface area (Å²) in [6.07, 6.45) is 0.402. The van der Waals surface area contributed by atoms with Crippen molar-refractivity contribution in [2.24, 2.45) is 0 Å². The number of nitro benzene ring substituents is 1. The van der Waals surface area contributed by atoms with Gasteiger partial charge in [0, 0.05) is 11.4 Å². The zero-order valence-electron chi connectivity index (χ0n) is 10.9. The number of alkyl halides is 1. The number of carbonyl (C=O) groups excluding carboxylic acids is 1. The summed E-state index contributed by atoms with van der Waals surface area (Å²) in [7, 11) is 0. The molecule has 1 amide bonds. The molecular formula is C12H13ClF2N2O3. The van der Waals surface area contributed by atoms with E-state index in [1.165, 1.54) is 0 Å². The molecule has 0 fully saturated rings. The van der Waals surface area contributed by atoms with Crippen molar-refractivity contribution in [3.63, 3.8) is 0 Å². The number of amides is 1. The number of rotatable bonds is 5. The van der Waals surface area contributed by atoms with Gasteiger partial charge in [0.15, 0.2) is 0 Å². The minimum atomic E-state index is -1.37. The molecule has 0 spiro atoms. The zero-order chi connectivity index (χ0) is 15.5. The maximum atomic E-state index is 13.8. The summed E-state index contributed by atoms with van der Waals surface area (Å²) in [4.78, 5) is 21.4. The van der Waals surface area contributed by atoms with E-state index in [1.807, 2.05) is 0 Å². The van der Waals surface area contributed by atoms with E-state index in [1.54, 1.807) is 13.8 Å². The Kier molecular flexibility index (Phi) is 4.99. The van der Waals surface area contributed by atoms with Gasteiger partial charge in [0.1, 0.15) is 5.82 Å². The monoisotopic (exact) mass is 306 g/mol. The Bertz CT molecular complexity index is 550. The average Bonchev–Trinajstić information content (AvgIpc) is 2.30. The lowest BCUT2D eigenvalue weighted by Crippen LogP contribution is -2.44. The second-order valence-corrected chi connectivity index (χ2v) is 5.20. The lowest BCUT2D eigenvalue weighted by atomic mass is 10.0. The Hall–Kier alpha value is -1.76. The number of benzene rings is 1. The molecule has 0 radical (unpaired) electrons. The quantitative estimate of drug-likeness (QED) is 0.516. The van der Waals surface area contributed by atoms with Crippen LogP contribution in [0.2, 0.25) is 0 Å². The molecule has 0 bridgehead atoms. The van der Waals surface area contributed by atoms with Gasteiger partial charge in [-0.1, -0.05) is 0 Å². The summed E-state index contributed by atoms with van der Waals surface area (Å²) in [5.41, 5.74) is -2.53. The third-order valence-electron chi connectivity index (χ3n) is 2.63. The molecule has 1 rings (SSSR count). The van der Waals surface area contributed by atoms with Crippen molar-refractivity contribution in [2.45, 2.75) is 25.8 Å². The molecular weight excluding hydrogens is 294 g/mol. The first-order valence-electron chi connectivity index (χ1n) is 5.70. The van der Waals surface area contributed by atoms with E-state index in [0.717, 1.165) is 0 Å². The van der Waals surface area contributed by atoms with Crippen LogP contribution in [0.3, 0.4) is 0 Å². The Balaban J connectivity index is 3.14. The largest absolute Gasteiger partial charge is 0.347 e. The Morgan fingerprint density at radius 2 is 2.05 bits per heavy atom. The second-order valence-electron chi connectivity index (χ2n) is 4.82. The smallest absolute Gasteiger partial charge is 0.308 e. The highest BCUT2D eigenvalue weighted by atomic mass is 35.5. The summed E-state index contributed by atoms with van der Waals surface area (Å²) in [5.74, 6) is -3.09. The van der Waals surface area contributed by atoms with Crippen LogP contribution in [0.1, 0.15) is 30.6 Å². The van der Waals surface area contributed by atoms with Crippen molar-refractivity contribution in [2.75, 3.05) is 5.88 Å². The first kappa shape index (κ1) is 16.3. The van der Waals surface area contributed by atoms with Gasteiger partial charge in [0.2, 0.25) is 5.82 Å². The van der Waals surface area contributed by atoms with Gasteiger partial charge in [-0.2, -0.15) is 4.39 Å². The molecule has 1 aromatic rings. The van der Waals surface area contributed by atoms with Crippen molar-refractivity contribution in [1.29, 1.82) is 0 Å². The van der Waals surface area contributed by atoms with Crippen LogP contribution in [0.15, 0.2) is 12.1 Å². The van der Waals surface area contributed by atoms with Crippen molar-refractivity contribution in [3.05, 3.63) is 39.4 Å². The van der Waals surface area contributed by atoms with Gasteiger partial charge < -0.3 is 5.32 Å². The molecule has 0 aliphatic rings. The van der Waals surface area contributed by atoms with Gasteiger partial charge >= 0.3 is 5.69 Å². The molecule has 5 nitrogen and oxygen atoms in total. The van der Waals surface area contributed by atoms with Crippen LogP contribution in [-0.2, 0) is 0 Å². The Morgan fingerprint density at radius 1 is 1.45 bits per heavy atom. The molecule has 0 heterocycles. The lowest BCUT2D eigenvalue weighted by Gasteiger charge is -2.25. The summed E-state index contributed by atoms with van der Waals surface area (Å²) in [6.45, 7) is 3.30. The van der Waals surface area contributed by atoms with E-state index in [4.69, 9.17) is 11.6 Å². The van der Waals surface area contributed by atoms with Crippen LogP contribution in [-0.4, -0.2) is 22.2 Å². The molecule has 0 aliphatic heterocycles. The maximum Gasteiger partial charge on any atom is 0.308 e. The molecule has 1 aromatic carbocycles. The molecule has 0 saturated heterocycles. The molecule has 0 saturated carbocycles. The van der Waals surface area contributed by atoms with Gasteiger partial charge in [-0.25, -0.2) is 4.39 Å². The minimum absolute atomic E-state index is 0.263. The summed E-state index contributed by atoms with van der Waals surface area (Å²) < 4.78 is 27.1. The summed E-state index contributed by atoms with van der Waals surface area (Å²) >= 11 is 5.56.